The van der Waals surface area contributed by atoms with Crippen LogP contribution in [0, 0.1) is 5.41 Å². The number of tetrazole rings is 1. The van der Waals surface area contributed by atoms with Gasteiger partial charge in [0.05, 0.1) is 12.0 Å². The SMILES string of the molecule is Cn1nnc(NC(=O)C2(C(N)=S)CCOCC2)n1. The Labute approximate surface area is 109 Å². The van der Waals surface area contributed by atoms with Gasteiger partial charge >= 0.3 is 0 Å². The molecule has 18 heavy (non-hydrogen) atoms. The van der Waals surface area contributed by atoms with E-state index in [4.69, 9.17) is 22.7 Å². The van der Waals surface area contributed by atoms with Crippen molar-refractivity contribution in [2.75, 3.05) is 18.5 Å². The largest absolute Gasteiger partial charge is 0.392 e. The molecule has 2 rings (SSSR count). The Morgan fingerprint density at radius 2 is 2.22 bits per heavy atom. The number of rotatable bonds is 3. The predicted octanol–water partition coefficient (Wildman–Crippen LogP) is -0.769. The number of thiocarbonyl (C=S) groups is 1. The van der Waals surface area contributed by atoms with Gasteiger partial charge < -0.3 is 10.5 Å². The number of nitrogens with zero attached hydrogens (tertiary/aromatic N) is 4. The zero-order chi connectivity index (χ0) is 13.2. The van der Waals surface area contributed by atoms with Crippen molar-refractivity contribution < 1.29 is 9.53 Å². The van der Waals surface area contributed by atoms with E-state index in [1.165, 1.54) is 4.80 Å². The molecule has 0 aliphatic carbocycles. The van der Waals surface area contributed by atoms with Gasteiger partial charge in [0.2, 0.25) is 5.91 Å². The van der Waals surface area contributed by atoms with Crippen molar-refractivity contribution in [3.05, 3.63) is 0 Å². The third-order valence-electron chi connectivity index (χ3n) is 2.99. The maximum absolute atomic E-state index is 12.3. The second-order valence-electron chi connectivity index (χ2n) is 4.12. The fourth-order valence-corrected chi connectivity index (χ4v) is 2.16. The summed E-state index contributed by atoms with van der Waals surface area (Å²) in [5.41, 5.74) is 4.83. The van der Waals surface area contributed by atoms with Crippen LogP contribution >= 0.6 is 12.2 Å². The number of carbonyl (C=O) groups excluding carboxylic acids is 1. The molecule has 1 aliphatic heterocycles. The number of amides is 1. The number of ether oxygens (including phenoxy) is 1. The average molecular weight is 270 g/mol. The number of nitrogens with two attached hydrogens (primary N) is 1. The topological polar surface area (TPSA) is 108 Å². The van der Waals surface area contributed by atoms with Gasteiger partial charge in [0.1, 0.15) is 5.41 Å². The van der Waals surface area contributed by atoms with Crippen molar-refractivity contribution in [1.29, 1.82) is 0 Å². The molecule has 1 aromatic heterocycles. The molecule has 1 saturated heterocycles. The second kappa shape index (κ2) is 4.94. The minimum absolute atomic E-state index is 0.143. The van der Waals surface area contributed by atoms with E-state index < -0.39 is 5.41 Å². The summed E-state index contributed by atoms with van der Waals surface area (Å²) in [6, 6.07) is 0. The minimum atomic E-state index is -0.882. The Balaban J connectivity index is 2.16. The number of carbonyl (C=O) groups is 1. The average Bonchev–Trinajstić information content (AvgIpc) is 2.75. The second-order valence-corrected chi connectivity index (χ2v) is 4.56. The van der Waals surface area contributed by atoms with E-state index in [0.717, 1.165) is 0 Å². The maximum Gasteiger partial charge on any atom is 0.270 e. The summed E-state index contributed by atoms with van der Waals surface area (Å²) >= 11 is 5.03. The quantitative estimate of drug-likeness (QED) is 0.694. The monoisotopic (exact) mass is 270 g/mol. The fraction of sp³-hybridized carbons (Fsp3) is 0.667. The summed E-state index contributed by atoms with van der Waals surface area (Å²) in [7, 11) is 1.61. The van der Waals surface area contributed by atoms with Gasteiger partial charge in [-0.15, -0.1) is 5.10 Å². The van der Waals surface area contributed by atoms with Gasteiger partial charge in [-0.25, -0.2) is 0 Å². The minimum Gasteiger partial charge on any atom is -0.392 e. The zero-order valence-electron chi connectivity index (χ0n) is 9.92. The number of nitrogens with one attached hydrogen (secondary N) is 1. The first-order valence-corrected chi connectivity index (χ1v) is 5.88. The first-order valence-electron chi connectivity index (χ1n) is 5.48. The lowest BCUT2D eigenvalue weighted by Crippen LogP contribution is -2.49. The lowest BCUT2D eigenvalue weighted by atomic mass is 9.79. The van der Waals surface area contributed by atoms with Gasteiger partial charge in [0, 0.05) is 13.2 Å². The van der Waals surface area contributed by atoms with Gasteiger partial charge in [0.25, 0.3) is 5.95 Å². The Bertz CT molecular complexity index is 467. The number of hydrogen-bond acceptors (Lipinski definition) is 6. The van der Waals surface area contributed by atoms with Crippen molar-refractivity contribution in [3.8, 4) is 0 Å². The summed E-state index contributed by atoms with van der Waals surface area (Å²) in [5, 5.41) is 13.8. The van der Waals surface area contributed by atoms with Crippen LogP contribution in [-0.2, 0) is 16.6 Å². The van der Waals surface area contributed by atoms with Crippen molar-refractivity contribution in [2.45, 2.75) is 12.8 Å². The fourth-order valence-electron chi connectivity index (χ4n) is 1.86. The molecular weight excluding hydrogens is 256 g/mol. The van der Waals surface area contributed by atoms with Crippen molar-refractivity contribution >= 4 is 29.1 Å². The molecule has 0 spiro atoms. The van der Waals surface area contributed by atoms with E-state index in [0.29, 0.717) is 26.1 Å². The van der Waals surface area contributed by atoms with Crippen molar-refractivity contribution in [2.24, 2.45) is 18.2 Å². The molecule has 1 aliphatic rings. The molecule has 0 radical (unpaired) electrons. The molecule has 0 saturated carbocycles. The highest BCUT2D eigenvalue weighted by molar-refractivity contribution is 7.80. The molecule has 0 atom stereocenters. The third-order valence-corrected chi connectivity index (χ3v) is 3.38. The molecule has 8 nitrogen and oxygen atoms in total. The summed E-state index contributed by atoms with van der Waals surface area (Å²) < 4.78 is 5.24. The van der Waals surface area contributed by atoms with Crippen LogP contribution in [0.4, 0.5) is 5.95 Å². The lowest BCUT2D eigenvalue weighted by molar-refractivity contribution is -0.126. The molecule has 98 valence electrons. The Morgan fingerprint density at radius 1 is 1.56 bits per heavy atom. The van der Waals surface area contributed by atoms with Crippen LogP contribution in [0.25, 0.3) is 0 Å². The first kappa shape index (κ1) is 12.8. The number of hydrogen-bond donors (Lipinski definition) is 2. The molecule has 3 N–H and O–H groups in total. The molecule has 0 aromatic carbocycles. The van der Waals surface area contributed by atoms with Gasteiger partial charge in [-0.05, 0) is 18.1 Å². The summed E-state index contributed by atoms with van der Waals surface area (Å²) in [4.78, 5) is 13.7. The summed E-state index contributed by atoms with van der Waals surface area (Å²) in [6.45, 7) is 0.914. The molecule has 0 unspecified atom stereocenters. The van der Waals surface area contributed by atoms with Crippen LogP contribution in [0.2, 0.25) is 0 Å². The maximum atomic E-state index is 12.3. The summed E-state index contributed by atoms with van der Waals surface area (Å²) in [5.74, 6) is -0.157. The highest BCUT2D eigenvalue weighted by Crippen LogP contribution is 2.32. The van der Waals surface area contributed by atoms with Gasteiger partial charge in [-0.3, -0.25) is 10.1 Å². The van der Waals surface area contributed by atoms with Crippen molar-refractivity contribution in [3.63, 3.8) is 0 Å². The first-order chi connectivity index (χ1) is 8.54. The Morgan fingerprint density at radius 3 is 2.72 bits per heavy atom. The van der Waals surface area contributed by atoms with Crippen LogP contribution in [0.15, 0.2) is 0 Å². The lowest BCUT2D eigenvalue weighted by Gasteiger charge is -2.34. The zero-order valence-corrected chi connectivity index (χ0v) is 10.7. The van der Waals surface area contributed by atoms with Gasteiger partial charge in [0.15, 0.2) is 0 Å². The molecule has 9 heteroatoms. The van der Waals surface area contributed by atoms with Crippen LogP contribution in [-0.4, -0.2) is 44.3 Å². The van der Waals surface area contributed by atoms with E-state index in [-0.39, 0.29) is 16.8 Å². The molecule has 1 fully saturated rings. The van der Waals surface area contributed by atoms with Crippen LogP contribution in [0.1, 0.15) is 12.8 Å². The standard InChI is InChI=1S/C9H14N6O2S/c1-15-13-8(12-14-15)11-7(16)9(6(10)18)2-4-17-5-3-9/h2-5H2,1H3,(H2,10,18)(H,11,13,16). The molecular formula is C9H14N6O2S. The summed E-state index contributed by atoms with van der Waals surface area (Å²) in [6.07, 6.45) is 0.933. The van der Waals surface area contributed by atoms with Gasteiger partial charge in [-0.1, -0.05) is 17.3 Å². The van der Waals surface area contributed by atoms with Crippen LogP contribution in [0.3, 0.4) is 0 Å². The molecule has 0 bridgehead atoms. The van der Waals surface area contributed by atoms with Gasteiger partial charge in [-0.2, -0.15) is 4.80 Å². The highest BCUT2D eigenvalue weighted by Gasteiger charge is 2.43. The third kappa shape index (κ3) is 2.31. The van der Waals surface area contributed by atoms with Crippen molar-refractivity contribution in [1.82, 2.24) is 20.2 Å². The van der Waals surface area contributed by atoms with E-state index in [2.05, 4.69) is 20.7 Å². The number of aryl methyl sites for hydroxylation is 1. The normalized spacial score (nSPS) is 18.3. The Hall–Kier alpha value is -1.61. The predicted molar refractivity (Wildman–Crippen MR) is 66.7 cm³/mol. The van der Waals surface area contributed by atoms with Crippen LogP contribution < -0.4 is 11.1 Å². The number of aromatic nitrogens is 4. The molecule has 2 heterocycles. The molecule has 1 aromatic rings. The van der Waals surface area contributed by atoms with Crippen LogP contribution in [0.5, 0.6) is 0 Å². The van der Waals surface area contributed by atoms with E-state index in [1.807, 2.05) is 0 Å². The van der Waals surface area contributed by atoms with E-state index >= 15 is 0 Å². The number of anilines is 1. The molecule has 1 amide bonds. The Kier molecular flexibility index (Phi) is 3.53. The van der Waals surface area contributed by atoms with E-state index in [9.17, 15) is 4.79 Å². The highest BCUT2D eigenvalue weighted by atomic mass is 32.1. The smallest absolute Gasteiger partial charge is 0.270 e. The van der Waals surface area contributed by atoms with E-state index in [1.54, 1.807) is 7.05 Å².